The molecule has 0 aliphatic carbocycles. The van der Waals surface area contributed by atoms with E-state index in [0.29, 0.717) is 6.10 Å². The first-order valence-corrected chi connectivity index (χ1v) is 3.66. The van der Waals surface area contributed by atoms with Gasteiger partial charge in [-0.2, -0.15) is 0 Å². The molecule has 0 bridgehead atoms. The van der Waals surface area contributed by atoms with Gasteiger partial charge in [0, 0.05) is 0 Å². The number of hydrogen-bond donors (Lipinski definition) is 0. The van der Waals surface area contributed by atoms with Crippen LogP contribution in [0.5, 0.6) is 0 Å². The maximum absolute atomic E-state index is 5.06. The van der Waals surface area contributed by atoms with E-state index in [4.69, 9.17) is 4.74 Å². The predicted molar refractivity (Wildman–Crippen MR) is 38.4 cm³/mol. The largest absolute Gasteiger partial charge is 0.373 e. The van der Waals surface area contributed by atoms with E-state index in [2.05, 4.69) is 19.1 Å². The lowest BCUT2D eigenvalue weighted by atomic mass is 10.2. The van der Waals surface area contributed by atoms with Crippen LogP contribution in [0.4, 0.5) is 0 Å². The summed E-state index contributed by atoms with van der Waals surface area (Å²) in [6, 6.07) is 0. The second kappa shape index (κ2) is 3.67. The van der Waals surface area contributed by atoms with E-state index < -0.39 is 0 Å². The quantitative estimate of drug-likeness (QED) is 0.319. The van der Waals surface area contributed by atoms with Crippen LogP contribution in [-0.2, 0) is 4.74 Å². The molecule has 1 aliphatic rings. The fourth-order valence-corrected chi connectivity index (χ4v) is 0.865. The third-order valence-electron chi connectivity index (χ3n) is 1.53. The first-order valence-electron chi connectivity index (χ1n) is 3.66. The maximum Gasteiger partial charge on any atom is 0.0810 e. The number of ether oxygens (including phenoxy) is 1. The van der Waals surface area contributed by atoms with Crippen LogP contribution in [0.15, 0.2) is 12.2 Å². The zero-order chi connectivity index (χ0) is 6.53. The molecule has 1 fully saturated rings. The highest BCUT2D eigenvalue weighted by Gasteiger charge is 2.20. The van der Waals surface area contributed by atoms with Gasteiger partial charge in [0.25, 0.3) is 0 Å². The molecule has 0 radical (unpaired) electrons. The Balaban J connectivity index is 1.81. The van der Waals surface area contributed by atoms with Crippen molar-refractivity contribution in [1.82, 2.24) is 0 Å². The Labute approximate surface area is 56.7 Å². The Morgan fingerprint density at radius 1 is 1.67 bits per heavy atom. The fourth-order valence-electron chi connectivity index (χ4n) is 0.865. The average Bonchev–Trinajstić information content (AvgIpc) is 2.63. The lowest BCUT2D eigenvalue weighted by molar-refractivity contribution is 0.392. The third kappa shape index (κ3) is 3.31. The lowest BCUT2D eigenvalue weighted by Crippen LogP contribution is -1.82. The standard InChI is InChI=1S/C8H14O/c1-2-3-4-5-6-8-7-9-8/h2-3,8H,4-7H2,1H3. The Morgan fingerprint density at radius 3 is 3.00 bits per heavy atom. The second-order valence-electron chi connectivity index (χ2n) is 2.46. The van der Waals surface area contributed by atoms with E-state index in [1.54, 1.807) is 0 Å². The van der Waals surface area contributed by atoms with Crippen molar-refractivity contribution in [2.45, 2.75) is 32.3 Å². The molecule has 9 heavy (non-hydrogen) atoms. The zero-order valence-corrected chi connectivity index (χ0v) is 5.97. The van der Waals surface area contributed by atoms with E-state index in [1.807, 2.05) is 0 Å². The van der Waals surface area contributed by atoms with Gasteiger partial charge in [0.1, 0.15) is 0 Å². The molecule has 1 atom stereocenters. The molecular formula is C8H14O. The molecular weight excluding hydrogens is 112 g/mol. The Hall–Kier alpha value is -0.300. The maximum atomic E-state index is 5.06. The summed E-state index contributed by atoms with van der Waals surface area (Å²) in [6.45, 7) is 3.07. The fraction of sp³-hybridized carbons (Fsp3) is 0.750. The number of allylic oxidation sites excluding steroid dienone is 2. The summed E-state index contributed by atoms with van der Waals surface area (Å²) >= 11 is 0. The Bertz CT molecular complexity index is 92.7. The summed E-state index contributed by atoms with van der Waals surface area (Å²) in [5, 5.41) is 0. The summed E-state index contributed by atoms with van der Waals surface area (Å²) < 4.78 is 5.06. The van der Waals surface area contributed by atoms with E-state index in [9.17, 15) is 0 Å². The molecule has 0 N–H and O–H groups in total. The van der Waals surface area contributed by atoms with Crippen LogP contribution < -0.4 is 0 Å². The number of epoxide rings is 1. The minimum absolute atomic E-state index is 0.621. The SMILES string of the molecule is CC=CCCCC1CO1. The summed E-state index contributed by atoms with van der Waals surface area (Å²) in [5.41, 5.74) is 0. The first-order chi connectivity index (χ1) is 4.43. The van der Waals surface area contributed by atoms with Crippen LogP contribution in [-0.4, -0.2) is 12.7 Å². The van der Waals surface area contributed by atoms with Gasteiger partial charge in [-0.3, -0.25) is 0 Å². The highest BCUT2D eigenvalue weighted by atomic mass is 16.6. The number of rotatable bonds is 4. The van der Waals surface area contributed by atoms with E-state index in [0.717, 1.165) is 6.61 Å². The zero-order valence-electron chi connectivity index (χ0n) is 5.97. The van der Waals surface area contributed by atoms with Crippen molar-refractivity contribution in [3.63, 3.8) is 0 Å². The molecule has 1 heteroatoms. The van der Waals surface area contributed by atoms with Gasteiger partial charge >= 0.3 is 0 Å². The van der Waals surface area contributed by atoms with Crippen LogP contribution in [0.2, 0.25) is 0 Å². The van der Waals surface area contributed by atoms with Crippen LogP contribution in [0, 0.1) is 0 Å². The molecule has 1 unspecified atom stereocenters. The highest BCUT2D eigenvalue weighted by molar-refractivity contribution is 4.78. The lowest BCUT2D eigenvalue weighted by Gasteiger charge is -1.89. The first kappa shape index (κ1) is 6.81. The predicted octanol–water partition coefficient (Wildman–Crippen LogP) is 2.13. The van der Waals surface area contributed by atoms with Crippen molar-refractivity contribution in [3.8, 4) is 0 Å². The number of unbranched alkanes of at least 4 members (excludes halogenated alkanes) is 1. The minimum Gasteiger partial charge on any atom is -0.373 e. The Morgan fingerprint density at radius 2 is 2.44 bits per heavy atom. The van der Waals surface area contributed by atoms with Crippen molar-refractivity contribution < 1.29 is 4.74 Å². The molecule has 0 saturated carbocycles. The van der Waals surface area contributed by atoms with Crippen LogP contribution >= 0.6 is 0 Å². The van der Waals surface area contributed by atoms with Gasteiger partial charge in [0.15, 0.2) is 0 Å². The van der Waals surface area contributed by atoms with E-state index >= 15 is 0 Å². The summed E-state index contributed by atoms with van der Waals surface area (Å²) in [4.78, 5) is 0. The molecule has 1 rings (SSSR count). The molecule has 0 aromatic heterocycles. The highest BCUT2D eigenvalue weighted by Crippen LogP contribution is 2.16. The van der Waals surface area contributed by atoms with Crippen molar-refractivity contribution >= 4 is 0 Å². The Kier molecular flexibility index (Phi) is 2.78. The van der Waals surface area contributed by atoms with Crippen LogP contribution in [0.25, 0.3) is 0 Å². The molecule has 1 aliphatic heterocycles. The molecule has 1 nitrogen and oxygen atoms in total. The van der Waals surface area contributed by atoms with E-state index in [1.165, 1.54) is 19.3 Å². The summed E-state index contributed by atoms with van der Waals surface area (Å²) in [5.74, 6) is 0. The van der Waals surface area contributed by atoms with Gasteiger partial charge in [-0.25, -0.2) is 0 Å². The van der Waals surface area contributed by atoms with Gasteiger partial charge in [-0.05, 0) is 26.2 Å². The molecule has 1 heterocycles. The minimum atomic E-state index is 0.621. The third-order valence-corrected chi connectivity index (χ3v) is 1.53. The van der Waals surface area contributed by atoms with Gasteiger partial charge < -0.3 is 4.74 Å². The molecule has 1 saturated heterocycles. The molecule has 0 amide bonds. The average molecular weight is 126 g/mol. The van der Waals surface area contributed by atoms with E-state index in [-0.39, 0.29) is 0 Å². The van der Waals surface area contributed by atoms with Crippen LogP contribution in [0.3, 0.4) is 0 Å². The molecule has 52 valence electrons. The topological polar surface area (TPSA) is 12.5 Å². The molecule has 0 aromatic carbocycles. The second-order valence-corrected chi connectivity index (χ2v) is 2.46. The number of hydrogen-bond acceptors (Lipinski definition) is 1. The molecule has 0 spiro atoms. The van der Waals surface area contributed by atoms with Crippen molar-refractivity contribution in [1.29, 1.82) is 0 Å². The van der Waals surface area contributed by atoms with Gasteiger partial charge in [0.05, 0.1) is 12.7 Å². The summed E-state index contributed by atoms with van der Waals surface area (Å²) in [7, 11) is 0. The van der Waals surface area contributed by atoms with Crippen molar-refractivity contribution in [3.05, 3.63) is 12.2 Å². The normalized spacial score (nSPS) is 25.2. The van der Waals surface area contributed by atoms with Gasteiger partial charge in [0.2, 0.25) is 0 Å². The summed E-state index contributed by atoms with van der Waals surface area (Å²) in [6.07, 6.45) is 8.70. The van der Waals surface area contributed by atoms with Crippen molar-refractivity contribution in [2.75, 3.05) is 6.61 Å². The van der Waals surface area contributed by atoms with Crippen molar-refractivity contribution in [2.24, 2.45) is 0 Å². The van der Waals surface area contributed by atoms with Gasteiger partial charge in [-0.1, -0.05) is 12.2 Å². The monoisotopic (exact) mass is 126 g/mol. The van der Waals surface area contributed by atoms with Crippen LogP contribution in [0.1, 0.15) is 26.2 Å². The smallest absolute Gasteiger partial charge is 0.0810 e. The molecule has 0 aromatic rings. The van der Waals surface area contributed by atoms with Gasteiger partial charge in [-0.15, -0.1) is 0 Å².